The number of aromatic nitrogens is 1. The topological polar surface area (TPSA) is 90.0 Å². The summed E-state index contributed by atoms with van der Waals surface area (Å²) in [4.78, 5) is 36.1. The second-order valence-electron chi connectivity index (χ2n) is 11.8. The standard InChI is InChI=1S/C31H37ClF2N6O3/c1-2-22-18-39(30-25(32)15-21(16-35-30)37-27-26(28(41)29(27)42)36-20-5-6-20)13-14-40(22)23-9-11-38(12-10-23)17-19-3-7-24(8-4-19)43-31(33)34/h3-4,7-8,15-16,20,22-23,31,36-37H,2,5-6,9-14,17-18H2,1H3/t22-/m0/s1. The molecule has 2 aromatic carbocycles. The third-order valence-corrected chi connectivity index (χ3v) is 9.09. The van der Waals surface area contributed by atoms with Crippen LogP contribution >= 0.6 is 11.6 Å². The number of pyridine rings is 1. The van der Waals surface area contributed by atoms with E-state index in [4.69, 9.17) is 11.6 Å². The zero-order valence-electron chi connectivity index (χ0n) is 24.2. The van der Waals surface area contributed by atoms with Crippen LogP contribution in [0, 0.1) is 0 Å². The van der Waals surface area contributed by atoms with Gasteiger partial charge in [0.25, 0.3) is 10.9 Å². The number of nitrogens with one attached hydrogen (secondary N) is 2. The molecule has 12 heteroatoms. The van der Waals surface area contributed by atoms with E-state index >= 15 is 0 Å². The Labute approximate surface area is 254 Å². The van der Waals surface area contributed by atoms with Gasteiger partial charge in [0.2, 0.25) is 0 Å². The Kier molecular flexibility index (Phi) is 8.83. The summed E-state index contributed by atoms with van der Waals surface area (Å²) in [5.41, 5.74) is 1.31. The van der Waals surface area contributed by atoms with Gasteiger partial charge in [0, 0.05) is 44.3 Å². The van der Waals surface area contributed by atoms with E-state index in [0.29, 0.717) is 28.5 Å². The van der Waals surface area contributed by atoms with E-state index < -0.39 is 17.5 Å². The van der Waals surface area contributed by atoms with E-state index in [1.807, 2.05) is 12.1 Å². The van der Waals surface area contributed by atoms with Crippen molar-refractivity contribution in [1.29, 1.82) is 0 Å². The molecule has 3 heterocycles. The molecule has 3 aromatic rings. The Morgan fingerprint density at radius 1 is 1.02 bits per heavy atom. The number of halogens is 3. The summed E-state index contributed by atoms with van der Waals surface area (Å²) in [5.74, 6) is 0.911. The highest BCUT2D eigenvalue weighted by atomic mass is 35.5. The monoisotopic (exact) mass is 614 g/mol. The van der Waals surface area contributed by atoms with Gasteiger partial charge in [-0.25, -0.2) is 4.98 Å². The second kappa shape index (κ2) is 12.8. The van der Waals surface area contributed by atoms with E-state index in [1.165, 1.54) is 0 Å². The van der Waals surface area contributed by atoms with Gasteiger partial charge in [0.15, 0.2) is 0 Å². The number of hydrogen-bond acceptors (Lipinski definition) is 9. The lowest BCUT2D eigenvalue weighted by Crippen LogP contribution is -2.58. The van der Waals surface area contributed by atoms with Crippen LogP contribution in [-0.4, -0.2) is 72.2 Å². The summed E-state index contributed by atoms with van der Waals surface area (Å²) in [5, 5.41) is 6.69. The SMILES string of the molecule is CC[C@H]1CN(c2ncc(Nc3c(NC4CC4)c(=O)c3=O)cc2Cl)CCN1C1CCN(Cc2ccc(OC(F)F)cc2)CC1. The Hall–Kier alpha value is -3.28. The average molecular weight is 615 g/mol. The molecular formula is C31H37ClF2N6O3. The average Bonchev–Trinajstić information content (AvgIpc) is 3.84. The molecule has 0 radical (unpaired) electrons. The first-order valence-electron chi connectivity index (χ1n) is 15.1. The lowest BCUT2D eigenvalue weighted by molar-refractivity contribution is -0.0498. The molecular weight excluding hydrogens is 578 g/mol. The molecule has 2 aliphatic heterocycles. The van der Waals surface area contributed by atoms with Crippen LogP contribution in [0.25, 0.3) is 0 Å². The summed E-state index contributed by atoms with van der Waals surface area (Å²) in [6, 6.07) is 9.83. The summed E-state index contributed by atoms with van der Waals surface area (Å²) in [6.07, 6.45) is 6.86. The number of likely N-dealkylation sites (tertiary alicyclic amines) is 1. The van der Waals surface area contributed by atoms with Crippen molar-refractivity contribution in [2.24, 2.45) is 0 Å². The minimum absolute atomic E-state index is 0.182. The third kappa shape index (κ3) is 6.78. The number of nitrogens with zero attached hydrogens (tertiary/aromatic N) is 4. The summed E-state index contributed by atoms with van der Waals surface area (Å²) >= 11 is 6.71. The van der Waals surface area contributed by atoms with Crippen molar-refractivity contribution in [3.8, 4) is 5.75 Å². The first-order valence-corrected chi connectivity index (χ1v) is 15.5. The van der Waals surface area contributed by atoms with Gasteiger partial charge in [0.05, 0.1) is 16.9 Å². The third-order valence-electron chi connectivity index (χ3n) is 8.81. The van der Waals surface area contributed by atoms with Gasteiger partial charge in [-0.3, -0.25) is 19.4 Å². The highest BCUT2D eigenvalue weighted by Crippen LogP contribution is 2.33. The Morgan fingerprint density at radius 3 is 2.40 bits per heavy atom. The minimum atomic E-state index is -2.81. The van der Waals surface area contributed by atoms with Crippen molar-refractivity contribution in [1.82, 2.24) is 14.8 Å². The van der Waals surface area contributed by atoms with Gasteiger partial charge in [-0.2, -0.15) is 8.78 Å². The van der Waals surface area contributed by atoms with Crippen molar-refractivity contribution >= 4 is 34.5 Å². The van der Waals surface area contributed by atoms with Gasteiger partial charge >= 0.3 is 6.61 Å². The number of piperazine rings is 1. The largest absolute Gasteiger partial charge is 0.435 e. The molecule has 0 unspecified atom stereocenters. The van der Waals surface area contributed by atoms with Crippen molar-refractivity contribution in [2.45, 2.75) is 70.3 Å². The Bertz CT molecular complexity index is 1490. The van der Waals surface area contributed by atoms with Crippen LogP contribution in [0.3, 0.4) is 0 Å². The van der Waals surface area contributed by atoms with Gasteiger partial charge in [-0.05, 0) is 69.0 Å². The Morgan fingerprint density at radius 2 is 1.74 bits per heavy atom. The molecule has 3 aliphatic rings. The number of rotatable bonds is 11. The first-order chi connectivity index (χ1) is 20.8. The normalized spacial score (nSPS) is 20.6. The van der Waals surface area contributed by atoms with E-state index in [2.05, 4.69) is 42.0 Å². The van der Waals surface area contributed by atoms with Gasteiger partial charge < -0.3 is 20.3 Å². The Balaban J connectivity index is 1.02. The zero-order valence-corrected chi connectivity index (χ0v) is 25.0. The summed E-state index contributed by atoms with van der Waals surface area (Å²) < 4.78 is 29.3. The number of anilines is 4. The van der Waals surface area contributed by atoms with Crippen LogP contribution in [0.15, 0.2) is 46.1 Å². The number of piperidine rings is 1. The fourth-order valence-corrected chi connectivity index (χ4v) is 6.59. The minimum Gasteiger partial charge on any atom is -0.435 e. The van der Waals surface area contributed by atoms with Crippen LogP contribution in [0.2, 0.25) is 5.02 Å². The zero-order chi connectivity index (χ0) is 30.1. The van der Waals surface area contributed by atoms with Crippen molar-refractivity contribution in [2.75, 3.05) is 48.3 Å². The highest BCUT2D eigenvalue weighted by Gasteiger charge is 2.34. The molecule has 2 N–H and O–H groups in total. The number of ether oxygens (including phenoxy) is 1. The number of benzene rings is 1. The molecule has 0 amide bonds. The highest BCUT2D eigenvalue weighted by molar-refractivity contribution is 6.33. The molecule has 1 atom stereocenters. The fourth-order valence-electron chi connectivity index (χ4n) is 6.31. The van der Waals surface area contributed by atoms with Crippen molar-refractivity contribution in [3.63, 3.8) is 0 Å². The second-order valence-corrected chi connectivity index (χ2v) is 12.2. The van der Waals surface area contributed by atoms with E-state index in [0.717, 1.165) is 82.8 Å². The number of hydrogen-bond donors (Lipinski definition) is 2. The van der Waals surface area contributed by atoms with E-state index in [9.17, 15) is 18.4 Å². The molecule has 43 heavy (non-hydrogen) atoms. The van der Waals surface area contributed by atoms with E-state index in [1.54, 1.807) is 24.4 Å². The molecule has 0 spiro atoms. The molecule has 1 aliphatic carbocycles. The molecule has 230 valence electrons. The van der Waals surface area contributed by atoms with Crippen LogP contribution in [0.1, 0.15) is 44.6 Å². The van der Waals surface area contributed by atoms with Crippen LogP contribution in [-0.2, 0) is 6.54 Å². The van der Waals surface area contributed by atoms with E-state index in [-0.39, 0.29) is 17.5 Å². The van der Waals surface area contributed by atoms with Crippen LogP contribution in [0.5, 0.6) is 5.75 Å². The fraction of sp³-hybridized carbons (Fsp3) is 0.516. The molecule has 3 fully saturated rings. The lowest BCUT2D eigenvalue weighted by atomic mass is 9.98. The van der Waals surface area contributed by atoms with Crippen molar-refractivity contribution in [3.05, 3.63) is 67.6 Å². The van der Waals surface area contributed by atoms with Crippen molar-refractivity contribution < 1.29 is 13.5 Å². The van der Waals surface area contributed by atoms with Gasteiger partial charge in [-0.1, -0.05) is 30.7 Å². The quantitative estimate of drug-likeness (QED) is 0.295. The predicted octanol–water partition coefficient (Wildman–Crippen LogP) is 4.82. The summed E-state index contributed by atoms with van der Waals surface area (Å²) in [7, 11) is 0. The van der Waals surface area contributed by atoms with Crippen LogP contribution in [0.4, 0.5) is 31.7 Å². The maximum Gasteiger partial charge on any atom is 0.387 e. The number of alkyl halides is 2. The maximum atomic E-state index is 12.4. The molecule has 2 saturated heterocycles. The molecule has 1 saturated carbocycles. The first kappa shape index (κ1) is 29.8. The van der Waals surface area contributed by atoms with Gasteiger partial charge in [0.1, 0.15) is 22.9 Å². The van der Waals surface area contributed by atoms with Gasteiger partial charge in [-0.15, -0.1) is 0 Å². The molecule has 6 rings (SSSR count). The molecule has 0 bridgehead atoms. The molecule has 9 nitrogen and oxygen atoms in total. The summed E-state index contributed by atoms with van der Waals surface area (Å²) in [6.45, 7) is 4.75. The molecule has 1 aromatic heterocycles. The predicted molar refractivity (Wildman–Crippen MR) is 165 cm³/mol. The lowest BCUT2D eigenvalue weighted by Gasteiger charge is -2.47. The maximum absolute atomic E-state index is 12.4. The smallest absolute Gasteiger partial charge is 0.387 e. The van der Waals surface area contributed by atoms with Crippen LogP contribution < -0.4 is 31.1 Å².